The van der Waals surface area contributed by atoms with E-state index in [9.17, 15) is 19.2 Å². The van der Waals surface area contributed by atoms with E-state index in [0.717, 1.165) is 74.3 Å². The van der Waals surface area contributed by atoms with Gasteiger partial charge in [0.1, 0.15) is 52.8 Å². The smallest absolute Gasteiger partial charge is 0.348 e. The number of fused-ring (bicyclic) bond motifs is 2. The first-order valence-corrected chi connectivity index (χ1v) is 35.6. The summed E-state index contributed by atoms with van der Waals surface area (Å²) in [5, 5.41) is 0. The Bertz CT molecular complexity index is 4340. The molecule has 500 valence electrons. The van der Waals surface area contributed by atoms with Gasteiger partial charge in [-0.05, 0) is 322 Å². The van der Waals surface area contributed by atoms with E-state index in [1.807, 2.05) is 156 Å². The number of carbonyl (C=O) groups is 5. The lowest BCUT2D eigenvalue weighted by Crippen LogP contribution is -2.55. The molecule has 3 heterocycles. The van der Waals surface area contributed by atoms with Crippen LogP contribution in [0.1, 0.15) is 41.4 Å². The summed E-state index contributed by atoms with van der Waals surface area (Å²) in [6.07, 6.45) is 0. The first-order chi connectivity index (χ1) is 47.0. The Hall–Kier alpha value is -8.21. The molecular formula is C72H56Br8N8O10. The molecule has 1 fully saturated rings. The molecule has 2 amide bonds. The Morgan fingerprint density at radius 1 is 0.327 bits per heavy atom. The molecule has 98 heavy (non-hydrogen) atoms. The zero-order chi connectivity index (χ0) is 70.2. The van der Waals surface area contributed by atoms with Gasteiger partial charge in [0.2, 0.25) is 0 Å². The molecule has 26 heteroatoms. The Morgan fingerprint density at radius 3 is 0.786 bits per heavy atom. The summed E-state index contributed by atoms with van der Waals surface area (Å²) in [5.74, 6) is 3.65. The van der Waals surface area contributed by atoms with Gasteiger partial charge in [0.15, 0.2) is 0 Å². The molecule has 3 aliphatic rings. The number of benzene rings is 10. The number of rotatable bonds is 14. The highest BCUT2D eigenvalue weighted by atomic mass is 79.9. The van der Waals surface area contributed by atoms with Crippen molar-refractivity contribution in [2.75, 3.05) is 89.1 Å². The lowest BCUT2D eigenvalue weighted by Gasteiger charge is -2.45. The highest BCUT2D eigenvalue weighted by Gasteiger charge is 2.42. The molecular weight excluding hydrogens is 1780 g/mol. The fourth-order valence-electron chi connectivity index (χ4n) is 10.1. The minimum absolute atomic E-state index is 0.238. The van der Waals surface area contributed by atoms with E-state index in [1.54, 1.807) is 48.5 Å². The quantitative estimate of drug-likeness (QED) is 0.0259. The van der Waals surface area contributed by atoms with Crippen molar-refractivity contribution in [1.29, 1.82) is 0 Å². The van der Waals surface area contributed by atoms with Gasteiger partial charge >= 0.3 is 11.9 Å². The Morgan fingerprint density at radius 2 is 0.541 bits per heavy atom. The van der Waals surface area contributed by atoms with Gasteiger partial charge in [0.25, 0.3) is 11.8 Å². The summed E-state index contributed by atoms with van der Waals surface area (Å²) in [7, 11) is 8.07. The van der Waals surface area contributed by atoms with Gasteiger partial charge in [-0.15, -0.1) is 0 Å². The topological polar surface area (TPSA) is 203 Å². The van der Waals surface area contributed by atoms with Crippen LogP contribution in [0.4, 0.5) is 45.5 Å². The third-order valence-electron chi connectivity index (χ3n) is 15.1. The lowest BCUT2D eigenvalue weighted by atomic mass is 10.1. The molecule has 18 nitrogen and oxygen atoms in total. The van der Waals surface area contributed by atoms with E-state index >= 15 is 0 Å². The molecule has 0 spiro atoms. The molecule has 0 aromatic heterocycles. The van der Waals surface area contributed by atoms with Gasteiger partial charge in [0.05, 0.1) is 47.9 Å². The molecule has 4 N–H and O–H groups in total. The number of ether oxygens (including phenoxy) is 5. The Balaban J connectivity index is 0.000000263. The fraction of sp³-hybridized carbons (Fsp3) is 0.0972. The minimum Gasteiger partial charge on any atom is -0.457 e. The maximum Gasteiger partial charge on any atom is 0.348 e. The van der Waals surface area contributed by atoms with Gasteiger partial charge in [0, 0.05) is 104 Å². The van der Waals surface area contributed by atoms with E-state index in [2.05, 4.69) is 181 Å². The van der Waals surface area contributed by atoms with Crippen molar-refractivity contribution in [2.45, 2.75) is 0 Å². The number of nitrogen functional groups attached to an aromatic ring is 2. The number of anilines is 8. The van der Waals surface area contributed by atoms with Crippen molar-refractivity contribution in [3.63, 3.8) is 0 Å². The predicted octanol–water partition coefficient (Wildman–Crippen LogP) is 20.3. The fourth-order valence-corrected chi connectivity index (χ4v) is 15.0. The number of nitrogens with two attached hydrogens (primary N) is 2. The van der Waals surface area contributed by atoms with Crippen molar-refractivity contribution in [3.8, 4) is 46.0 Å². The molecule has 0 saturated carbocycles. The second kappa shape index (κ2) is 32.2. The monoisotopic (exact) mass is 1820 g/mol. The molecule has 0 radical (unpaired) electrons. The Labute approximate surface area is 632 Å². The van der Waals surface area contributed by atoms with Crippen molar-refractivity contribution >= 4 is 203 Å². The number of halogens is 8. The van der Waals surface area contributed by atoms with Gasteiger partial charge in [-0.25, -0.2) is 14.5 Å². The molecule has 0 atom stereocenters. The van der Waals surface area contributed by atoms with Crippen LogP contribution < -0.4 is 59.8 Å². The van der Waals surface area contributed by atoms with Crippen molar-refractivity contribution in [3.05, 3.63) is 252 Å². The summed E-state index contributed by atoms with van der Waals surface area (Å²) in [6.45, 7) is 3.91. The number of esters is 2. The summed E-state index contributed by atoms with van der Waals surface area (Å²) in [5.41, 5.74) is 19.4. The molecule has 0 bridgehead atoms. The first-order valence-electron chi connectivity index (χ1n) is 29.3. The van der Waals surface area contributed by atoms with Crippen LogP contribution in [-0.2, 0) is 9.53 Å². The molecule has 10 aromatic carbocycles. The van der Waals surface area contributed by atoms with E-state index in [4.69, 9.17) is 35.2 Å². The summed E-state index contributed by atoms with van der Waals surface area (Å²) >= 11 is 27.0. The zero-order valence-corrected chi connectivity index (χ0v) is 64.9. The van der Waals surface area contributed by atoms with Crippen molar-refractivity contribution < 1.29 is 47.7 Å². The van der Waals surface area contributed by atoms with E-state index < -0.39 is 23.8 Å². The summed E-state index contributed by atoms with van der Waals surface area (Å²) in [4.78, 5) is 70.1. The minimum atomic E-state index is -0.643. The second-order valence-corrected chi connectivity index (χ2v) is 28.3. The molecule has 13 rings (SSSR count). The van der Waals surface area contributed by atoms with Crippen molar-refractivity contribution in [1.82, 2.24) is 0 Å². The van der Waals surface area contributed by atoms with Crippen LogP contribution in [0.2, 0.25) is 0 Å². The van der Waals surface area contributed by atoms with Crippen LogP contribution in [0, 0.1) is 0 Å². The maximum atomic E-state index is 13.5. The van der Waals surface area contributed by atoms with Crippen LogP contribution in [0.15, 0.2) is 230 Å². The number of imide groups is 1. The summed E-state index contributed by atoms with van der Waals surface area (Å²) < 4.78 is 33.4. The Kier molecular flexibility index (Phi) is 23.8. The van der Waals surface area contributed by atoms with E-state index in [1.165, 1.54) is 4.90 Å². The molecule has 0 unspecified atom stereocenters. The second-order valence-electron chi connectivity index (χ2n) is 22.0. The third kappa shape index (κ3) is 16.6. The number of amides is 2. The average Bonchev–Trinajstić information content (AvgIpc) is 1.59. The highest BCUT2D eigenvalue weighted by Crippen LogP contribution is 2.48. The number of carbonyl (C=O) groups excluding carboxylic acids is 5. The maximum absolute atomic E-state index is 13.5. The zero-order valence-electron chi connectivity index (χ0n) is 52.2. The van der Waals surface area contributed by atoms with Crippen LogP contribution >= 0.6 is 127 Å². The number of nitrogens with zero attached hydrogens (tertiary/aromatic N) is 6. The number of cyclic esters (lactones) is 2. The molecule has 1 saturated heterocycles. The lowest BCUT2D eigenvalue weighted by molar-refractivity contribution is -0.0980. The van der Waals surface area contributed by atoms with Crippen LogP contribution in [0.25, 0.3) is 0 Å². The number of hydrogen-bond acceptors (Lipinski definition) is 17. The standard InChI is InChI=1S/C51H42Br4N6O5.C12H12N2O.C8Br4O3.CH2O/c1-56(2)32-5-17-38(18-6-32)64-40-21-9-34(10-22-40)58-29-59(35-11-23-41(24-12-35)65-39-19-7-33(8-20-39)57(3)4)31-60(30-58)36-13-25-42(26-14-36)66-43-27-15-37(16-28-43)61-50(62)44-45(51(61)63)47(53)49(55)48(54)46(44)52;13-9-1-5-11(6-2-9)15-12-7-3-10(14)4-8-12;9-3-1-2(8(14)15-7(1)13)4(10)6(12)5(3)11;1-2/h5-28H,29-31H2,1-4H3;1-8H,13-14H2;;1H2. The van der Waals surface area contributed by atoms with Gasteiger partial charge < -0.3 is 64.4 Å². The summed E-state index contributed by atoms with van der Waals surface area (Å²) in [6, 6.07) is 61.8. The third-order valence-corrected chi connectivity index (χ3v) is 24.6. The first kappa shape index (κ1) is 72.5. The van der Waals surface area contributed by atoms with E-state index in [-0.39, 0.29) is 22.3 Å². The molecule has 10 aromatic rings. The molecule has 3 aliphatic heterocycles. The van der Waals surface area contributed by atoms with Gasteiger partial charge in [-0.3, -0.25) is 9.59 Å². The van der Waals surface area contributed by atoms with Gasteiger partial charge in [-0.2, -0.15) is 0 Å². The molecule has 0 aliphatic carbocycles. The van der Waals surface area contributed by atoms with Gasteiger partial charge in [-0.1, -0.05) is 0 Å². The van der Waals surface area contributed by atoms with Crippen LogP contribution in [-0.4, -0.2) is 78.7 Å². The largest absolute Gasteiger partial charge is 0.457 e. The van der Waals surface area contributed by atoms with Crippen molar-refractivity contribution in [2.24, 2.45) is 0 Å². The predicted molar refractivity (Wildman–Crippen MR) is 414 cm³/mol. The SMILES string of the molecule is C=O.CN(C)c1ccc(Oc2ccc(N3CN(c4ccc(Oc5ccc(N(C)C)cc5)cc4)CN(c4ccc(Oc5ccc(N6C(=O)c7c(Br)c(Br)c(Br)c(Br)c7C6=O)cc5)cc4)C3)cc2)cc1.Nc1ccc(Oc2ccc(N)cc2)cc1.O=C1OC(=O)c2c(Br)c(Br)c(Br)c(Br)c21. The number of hydrogen-bond donors (Lipinski definition) is 2. The average molecular weight is 1830 g/mol. The highest BCUT2D eigenvalue weighted by molar-refractivity contribution is 9.15. The normalized spacial score (nSPS) is 12.8. The van der Waals surface area contributed by atoms with Crippen LogP contribution in [0.5, 0.6) is 46.0 Å². The van der Waals surface area contributed by atoms with E-state index in [0.29, 0.717) is 73.0 Å². The van der Waals surface area contributed by atoms with Crippen LogP contribution in [0.3, 0.4) is 0 Å².